The van der Waals surface area contributed by atoms with Crippen LogP contribution in [0.2, 0.25) is 10.0 Å². The molecule has 0 atom stereocenters. The summed E-state index contributed by atoms with van der Waals surface area (Å²) in [6.07, 6.45) is 6.41. The second-order valence-corrected chi connectivity index (χ2v) is 4.18. The highest BCUT2D eigenvalue weighted by atomic mass is 35.5. The van der Waals surface area contributed by atoms with E-state index in [1.165, 1.54) is 12.4 Å². The predicted octanol–water partition coefficient (Wildman–Crippen LogP) is 3.59. The summed E-state index contributed by atoms with van der Waals surface area (Å²) in [5.74, 6) is 3.51. The van der Waals surface area contributed by atoms with Gasteiger partial charge in [0.05, 0.1) is 16.1 Å². The standard InChI is InChI=1S/C13H8Cl2N2O2/c1-2-5-18-12-7-13(17-8-16-12)19-9-3-4-10(14)11(15)6-9/h1,3-4,6-8H,5H2. The molecule has 0 aliphatic heterocycles. The first-order valence-corrected chi connectivity index (χ1v) is 5.96. The monoisotopic (exact) mass is 294 g/mol. The molecule has 4 nitrogen and oxygen atoms in total. The minimum atomic E-state index is 0.128. The molecular weight excluding hydrogens is 287 g/mol. The molecule has 0 aliphatic rings. The summed E-state index contributed by atoms with van der Waals surface area (Å²) in [5.41, 5.74) is 0. The van der Waals surface area contributed by atoms with E-state index >= 15 is 0 Å². The number of hydrogen-bond donors (Lipinski definition) is 0. The van der Waals surface area contributed by atoms with Gasteiger partial charge >= 0.3 is 0 Å². The van der Waals surface area contributed by atoms with Crippen molar-refractivity contribution in [1.82, 2.24) is 9.97 Å². The van der Waals surface area contributed by atoms with E-state index in [0.717, 1.165) is 0 Å². The summed E-state index contributed by atoms with van der Waals surface area (Å²) in [5, 5.41) is 0.853. The zero-order chi connectivity index (χ0) is 13.7. The van der Waals surface area contributed by atoms with Gasteiger partial charge in [-0.25, -0.2) is 9.97 Å². The zero-order valence-corrected chi connectivity index (χ0v) is 11.1. The molecule has 96 valence electrons. The average molecular weight is 295 g/mol. The fourth-order valence-electron chi connectivity index (χ4n) is 1.23. The lowest BCUT2D eigenvalue weighted by atomic mass is 10.3. The van der Waals surface area contributed by atoms with Gasteiger partial charge < -0.3 is 9.47 Å². The summed E-state index contributed by atoms with van der Waals surface area (Å²) in [7, 11) is 0. The molecule has 0 spiro atoms. The minimum absolute atomic E-state index is 0.128. The number of ether oxygens (including phenoxy) is 2. The van der Waals surface area contributed by atoms with Crippen molar-refractivity contribution in [3.05, 3.63) is 40.6 Å². The zero-order valence-electron chi connectivity index (χ0n) is 9.64. The number of benzene rings is 1. The highest BCUT2D eigenvalue weighted by Gasteiger charge is 2.04. The molecule has 0 saturated carbocycles. The van der Waals surface area contributed by atoms with Crippen LogP contribution in [0, 0.1) is 12.3 Å². The number of rotatable bonds is 4. The van der Waals surface area contributed by atoms with Gasteiger partial charge in [-0.3, -0.25) is 0 Å². The van der Waals surface area contributed by atoms with Crippen LogP contribution in [0.4, 0.5) is 0 Å². The van der Waals surface area contributed by atoms with E-state index in [-0.39, 0.29) is 6.61 Å². The van der Waals surface area contributed by atoms with Crippen molar-refractivity contribution < 1.29 is 9.47 Å². The Labute approximate surface area is 120 Å². The molecule has 0 unspecified atom stereocenters. The lowest BCUT2D eigenvalue weighted by molar-refractivity contribution is 0.350. The van der Waals surface area contributed by atoms with Gasteiger partial charge in [0.1, 0.15) is 12.1 Å². The molecule has 2 aromatic rings. The number of terminal acetylenes is 1. The van der Waals surface area contributed by atoms with Crippen molar-refractivity contribution >= 4 is 23.2 Å². The molecule has 0 saturated heterocycles. The van der Waals surface area contributed by atoms with Gasteiger partial charge in [-0.2, -0.15) is 0 Å². The highest BCUT2D eigenvalue weighted by molar-refractivity contribution is 6.42. The first kappa shape index (κ1) is 13.5. The lowest BCUT2D eigenvalue weighted by Gasteiger charge is -2.06. The Morgan fingerprint density at radius 2 is 1.89 bits per heavy atom. The first-order valence-electron chi connectivity index (χ1n) is 5.20. The lowest BCUT2D eigenvalue weighted by Crippen LogP contribution is -1.97. The quantitative estimate of drug-likeness (QED) is 0.809. The Morgan fingerprint density at radius 3 is 2.63 bits per heavy atom. The first-order chi connectivity index (χ1) is 9.19. The molecule has 0 radical (unpaired) electrons. The maximum Gasteiger partial charge on any atom is 0.226 e. The molecular formula is C13H8Cl2N2O2. The molecule has 2 rings (SSSR count). The van der Waals surface area contributed by atoms with Crippen LogP contribution in [0.1, 0.15) is 0 Å². The normalized spacial score (nSPS) is 9.74. The molecule has 0 fully saturated rings. The van der Waals surface area contributed by atoms with Gasteiger partial charge in [0.2, 0.25) is 11.8 Å². The molecule has 0 N–H and O–H groups in total. The van der Waals surface area contributed by atoms with Crippen molar-refractivity contribution in [2.24, 2.45) is 0 Å². The average Bonchev–Trinajstić information content (AvgIpc) is 2.41. The van der Waals surface area contributed by atoms with Crippen molar-refractivity contribution in [2.45, 2.75) is 0 Å². The largest absolute Gasteiger partial charge is 0.464 e. The third kappa shape index (κ3) is 3.75. The van der Waals surface area contributed by atoms with Crippen molar-refractivity contribution in [2.75, 3.05) is 6.61 Å². The van der Waals surface area contributed by atoms with E-state index < -0.39 is 0 Å². The van der Waals surface area contributed by atoms with Gasteiger partial charge in [0.25, 0.3) is 0 Å². The summed E-state index contributed by atoms with van der Waals surface area (Å²) in [6, 6.07) is 6.43. The van der Waals surface area contributed by atoms with Gasteiger partial charge in [0, 0.05) is 6.07 Å². The van der Waals surface area contributed by atoms with E-state index in [9.17, 15) is 0 Å². The molecule has 6 heteroatoms. The fourth-order valence-corrected chi connectivity index (χ4v) is 1.52. The van der Waals surface area contributed by atoms with Crippen molar-refractivity contribution in [3.8, 4) is 29.9 Å². The maximum absolute atomic E-state index is 5.89. The van der Waals surface area contributed by atoms with Crippen LogP contribution >= 0.6 is 23.2 Å². The molecule has 0 amide bonds. The third-order valence-corrected chi connectivity index (χ3v) is 2.77. The Morgan fingerprint density at radius 1 is 1.11 bits per heavy atom. The third-order valence-electron chi connectivity index (χ3n) is 2.03. The van der Waals surface area contributed by atoms with Crippen LogP contribution in [0.5, 0.6) is 17.5 Å². The SMILES string of the molecule is C#CCOc1cc(Oc2ccc(Cl)c(Cl)c2)ncn1. The fraction of sp³-hybridized carbons (Fsp3) is 0.0769. The van der Waals surface area contributed by atoms with Gasteiger partial charge in [-0.05, 0) is 12.1 Å². The summed E-state index contributed by atoms with van der Waals surface area (Å²) >= 11 is 11.7. The summed E-state index contributed by atoms with van der Waals surface area (Å²) in [4.78, 5) is 7.85. The van der Waals surface area contributed by atoms with Crippen molar-refractivity contribution in [3.63, 3.8) is 0 Å². The second kappa shape index (κ2) is 6.28. The number of halogens is 2. The van der Waals surface area contributed by atoms with Gasteiger partial charge in [-0.1, -0.05) is 29.1 Å². The predicted molar refractivity (Wildman–Crippen MR) is 72.9 cm³/mol. The van der Waals surface area contributed by atoms with Crippen LogP contribution in [-0.2, 0) is 0 Å². The number of aromatic nitrogens is 2. The van der Waals surface area contributed by atoms with E-state index in [0.29, 0.717) is 27.6 Å². The van der Waals surface area contributed by atoms with E-state index in [1.54, 1.807) is 18.2 Å². The number of nitrogens with zero attached hydrogens (tertiary/aromatic N) is 2. The molecule has 1 aromatic heterocycles. The van der Waals surface area contributed by atoms with Crippen LogP contribution in [0.15, 0.2) is 30.6 Å². The summed E-state index contributed by atoms with van der Waals surface area (Å²) in [6.45, 7) is 0.128. The van der Waals surface area contributed by atoms with Crippen molar-refractivity contribution in [1.29, 1.82) is 0 Å². The van der Waals surface area contributed by atoms with Crippen LogP contribution < -0.4 is 9.47 Å². The Hall–Kier alpha value is -1.96. The minimum Gasteiger partial charge on any atom is -0.464 e. The molecule has 19 heavy (non-hydrogen) atoms. The number of hydrogen-bond acceptors (Lipinski definition) is 4. The summed E-state index contributed by atoms with van der Waals surface area (Å²) < 4.78 is 10.7. The van der Waals surface area contributed by atoms with E-state index in [2.05, 4.69) is 15.9 Å². The Balaban J connectivity index is 2.14. The molecule has 1 aromatic carbocycles. The topological polar surface area (TPSA) is 44.2 Å². The molecule has 1 heterocycles. The second-order valence-electron chi connectivity index (χ2n) is 3.37. The smallest absolute Gasteiger partial charge is 0.226 e. The Bertz CT molecular complexity index is 626. The Kier molecular flexibility index (Phi) is 4.45. The highest BCUT2D eigenvalue weighted by Crippen LogP contribution is 2.29. The van der Waals surface area contributed by atoms with Gasteiger partial charge in [0.15, 0.2) is 6.61 Å². The van der Waals surface area contributed by atoms with Crippen LogP contribution in [-0.4, -0.2) is 16.6 Å². The van der Waals surface area contributed by atoms with E-state index in [4.69, 9.17) is 39.1 Å². The van der Waals surface area contributed by atoms with Gasteiger partial charge in [-0.15, -0.1) is 6.42 Å². The molecule has 0 aliphatic carbocycles. The van der Waals surface area contributed by atoms with Crippen LogP contribution in [0.3, 0.4) is 0 Å². The molecule has 0 bridgehead atoms. The maximum atomic E-state index is 5.89. The van der Waals surface area contributed by atoms with Crippen LogP contribution in [0.25, 0.3) is 0 Å². The van der Waals surface area contributed by atoms with E-state index in [1.807, 2.05) is 0 Å².